The molecule has 1 saturated heterocycles. The second-order valence-corrected chi connectivity index (χ2v) is 4.21. The largest absolute Gasteiger partial charge is 0.397 e. The minimum Gasteiger partial charge on any atom is -0.397 e. The van der Waals surface area contributed by atoms with Crippen LogP contribution in [0.15, 0.2) is 18.2 Å². The van der Waals surface area contributed by atoms with Crippen molar-refractivity contribution in [2.24, 2.45) is 0 Å². The minimum absolute atomic E-state index is 0.164. The summed E-state index contributed by atoms with van der Waals surface area (Å²) in [6.45, 7) is 1.54. The van der Waals surface area contributed by atoms with E-state index in [-0.39, 0.29) is 11.7 Å². The van der Waals surface area contributed by atoms with E-state index in [0.29, 0.717) is 5.69 Å². The minimum atomic E-state index is -0.404. The molecule has 0 atom stereocenters. The number of hydrogen-bond acceptors (Lipinski definition) is 2. The Balaban J connectivity index is 2.02. The number of benzene rings is 1. The number of nitrogens with two attached hydrogens (primary N) is 1. The standard InChI is InChI=1S/C12H16FN3O/c13-9-4-5-11(10(14)8-9)15-12(17)16-6-2-1-3-7-16/h4-5,8H,1-3,6-7,14H2,(H,15,17). The van der Waals surface area contributed by atoms with Gasteiger partial charge in [0.15, 0.2) is 0 Å². The van der Waals surface area contributed by atoms with Crippen molar-refractivity contribution in [2.75, 3.05) is 24.1 Å². The average Bonchev–Trinajstić information content (AvgIpc) is 2.34. The van der Waals surface area contributed by atoms with Crippen LogP contribution in [0.4, 0.5) is 20.6 Å². The SMILES string of the molecule is Nc1cc(F)ccc1NC(=O)N1CCCCC1. The number of amides is 2. The van der Waals surface area contributed by atoms with E-state index in [1.165, 1.54) is 24.6 Å². The number of carbonyl (C=O) groups excluding carboxylic acids is 1. The number of piperidine rings is 1. The molecule has 0 aliphatic carbocycles. The highest BCUT2D eigenvalue weighted by atomic mass is 19.1. The smallest absolute Gasteiger partial charge is 0.321 e. The van der Waals surface area contributed by atoms with Crippen molar-refractivity contribution in [1.82, 2.24) is 4.90 Å². The summed E-state index contributed by atoms with van der Waals surface area (Å²) in [7, 11) is 0. The number of nitrogens with zero attached hydrogens (tertiary/aromatic N) is 1. The maximum atomic E-state index is 12.8. The van der Waals surface area contributed by atoms with E-state index in [9.17, 15) is 9.18 Å². The van der Waals surface area contributed by atoms with Gasteiger partial charge in [-0.05, 0) is 37.5 Å². The molecule has 17 heavy (non-hydrogen) atoms. The fraction of sp³-hybridized carbons (Fsp3) is 0.417. The number of anilines is 2. The van der Waals surface area contributed by atoms with E-state index in [4.69, 9.17) is 5.73 Å². The number of nitrogen functional groups attached to an aromatic ring is 1. The van der Waals surface area contributed by atoms with Gasteiger partial charge in [0, 0.05) is 13.1 Å². The Labute approximate surface area is 99.6 Å². The fourth-order valence-corrected chi connectivity index (χ4v) is 1.94. The van der Waals surface area contributed by atoms with Crippen LogP contribution in [0.5, 0.6) is 0 Å². The van der Waals surface area contributed by atoms with E-state index in [1.807, 2.05) is 0 Å². The zero-order valence-electron chi connectivity index (χ0n) is 9.58. The first-order chi connectivity index (χ1) is 8.16. The molecule has 1 aromatic rings. The van der Waals surface area contributed by atoms with Gasteiger partial charge in [0.25, 0.3) is 0 Å². The summed E-state index contributed by atoms with van der Waals surface area (Å²) >= 11 is 0. The van der Waals surface area contributed by atoms with E-state index in [0.717, 1.165) is 25.9 Å². The lowest BCUT2D eigenvalue weighted by Crippen LogP contribution is -2.38. The van der Waals surface area contributed by atoms with Crippen molar-refractivity contribution in [3.63, 3.8) is 0 Å². The molecule has 92 valence electrons. The van der Waals surface area contributed by atoms with Crippen LogP contribution >= 0.6 is 0 Å². The summed E-state index contributed by atoms with van der Waals surface area (Å²) in [5.74, 6) is -0.404. The molecule has 0 aromatic heterocycles. The number of carbonyl (C=O) groups is 1. The van der Waals surface area contributed by atoms with Gasteiger partial charge in [-0.2, -0.15) is 0 Å². The van der Waals surface area contributed by atoms with Gasteiger partial charge in [-0.1, -0.05) is 0 Å². The number of nitrogens with one attached hydrogen (secondary N) is 1. The maximum Gasteiger partial charge on any atom is 0.321 e. The van der Waals surface area contributed by atoms with Crippen molar-refractivity contribution >= 4 is 17.4 Å². The molecule has 0 unspecified atom stereocenters. The van der Waals surface area contributed by atoms with Gasteiger partial charge in [0.05, 0.1) is 11.4 Å². The van der Waals surface area contributed by atoms with Crippen LogP contribution in [0.3, 0.4) is 0 Å². The summed E-state index contributed by atoms with van der Waals surface area (Å²) in [6, 6.07) is 3.79. The molecule has 1 fully saturated rings. The molecule has 1 heterocycles. The van der Waals surface area contributed by atoms with Gasteiger partial charge in [-0.3, -0.25) is 0 Å². The summed E-state index contributed by atoms with van der Waals surface area (Å²) < 4.78 is 12.8. The Hall–Kier alpha value is -1.78. The van der Waals surface area contributed by atoms with Crippen molar-refractivity contribution in [2.45, 2.75) is 19.3 Å². The third-order valence-corrected chi connectivity index (χ3v) is 2.90. The molecule has 0 saturated carbocycles. The van der Waals surface area contributed by atoms with Gasteiger partial charge >= 0.3 is 6.03 Å². The zero-order valence-corrected chi connectivity index (χ0v) is 9.58. The van der Waals surface area contributed by atoms with E-state index in [2.05, 4.69) is 5.32 Å². The Morgan fingerprint density at radius 3 is 2.65 bits per heavy atom. The predicted octanol–water partition coefficient (Wildman–Crippen LogP) is 2.43. The molecule has 0 bridgehead atoms. The molecule has 4 nitrogen and oxygen atoms in total. The van der Waals surface area contributed by atoms with Crippen molar-refractivity contribution in [3.8, 4) is 0 Å². The molecule has 1 aromatic carbocycles. The second-order valence-electron chi connectivity index (χ2n) is 4.21. The van der Waals surface area contributed by atoms with Gasteiger partial charge in [-0.25, -0.2) is 9.18 Å². The Bertz CT molecular complexity index is 416. The number of rotatable bonds is 1. The summed E-state index contributed by atoms with van der Waals surface area (Å²) in [5, 5.41) is 2.70. The van der Waals surface area contributed by atoms with E-state index >= 15 is 0 Å². The Kier molecular flexibility index (Phi) is 3.46. The first-order valence-corrected chi connectivity index (χ1v) is 5.78. The summed E-state index contributed by atoms with van der Waals surface area (Å²) in [5.41, 5.74) is 6.33. The monoisotopic (exact) mass is 237 g/mol. The first kappa shape index (κ1) is 11.7. The molecule has 1 aliphatic rings. The predicted molar refractivity (Wildman–Crippen MR) is 65.3 cm³/mol. The highest BCUT2D eigenvalue weighted by molar-refractivity contribution is 5.92. The van der Waals surface area contributed by atoms with Crippen LogP contribution < -0.4 is 11.1 Å². The third kappa shape index (κ3) is 2.87. The zero-order chi connectivity index (χ0) is 12.3. The molecule has 0 radical (unpaired) electrons. The quantitative estimate of drug-likeness (QED) is 0.737. The molecule has 2 amide bonds. The highest BCUT2D eigenvalue weighted by Gasteiger charge is 2.16. The normalized spacial score (nSPS) is 15.7. The molecule has 5 heteroatoms. The summed E-state index contributed by atoms with van der Waals surface area (Å²) in [6.07, 6.45) is 3.24. The first-order valence-electron chi connectivity index (χ1n) is 5.78. The molecule has 2 rings (SSSR count). The number of halogens is 1. The Morgan fingerprint density at radius 1 is 1.29 bits per heavy atom. The lowest BCUT2D eigenvalue weighted by atomic mass is 10.1. The number of urea groups is 1. The molecular weight excluding hydrogens is 221 g/mol. The molecule has 0 spiro atoms. The van der Waals surface area contributed by atoms with Crippen LogP contribution in [0, 0.1) is 5.82 Å². The van der Waals surface area contributed by atoms with Crippen molar-refractivity contribution in [1.29, 1.82) is 0 Å². The fourth-order valence-electron chi connectivity index (χ4n) is 1.94. The highest BCUT2D eigenvalue weighted by Crippen LogP contribution is 2.20. The lowest BCUT2D eigenvalue weighted by Gasteiger charge is -2.27. The third-order valence-electron chi connectivity index (χ3n) is 2.90. The molecule has 3 N–H and O–H groups in total. The molecule has 1 aliphatic heterocycles. The van der Waals surface area contributed by atoms with E-state index < -0.39 is 5.82 Å². The maximum absolute atomic E-state index is 12.8. The van der Waals surface area contributed by atoms with Crippen LogP contribution in [0.1, 0.15) is 19.3 Å². The lowest BCUT2D eigenvalue weighted by molar-refractivity contribution is 0.200. The van der Waals surface area contributed by atoms with Crippen molar-refractivity contribution < 1.29 is 9.18 Å². The van der Waals surface area contributed by atoms with Crippen LogP contribution in [0.2, 0.25) is 0 Å². The molecular formula is C12H16FN3O. The van der Waals surface area contributed by atoms with Crippen LogP contribution in [-0.2, 0) is 0 Å². The van der Waals surface area contributed by atoms with Crippen molar-refractivity contribution in [3.05, 3.63) is 24.0 Å². The number of hydrogen-bond donors (Lipinski definition) is 2. The van der Waals surface area contributed by atoms with E-state index in [1.54, 1.807) is 4.90 Å². The average molecular weight is 237 g/mol. The van der Waals surface area contributed by atoms with Crippen LogP contribution in [-0.4, -0.2) is 24.0 Å². The second kappa shape index (κ2) is 5.03. The van der Waals surface area contributed by atoms with Gasteiger partial charge in [0.2, 0.25) is 0 Å². The summed E-state index contributed by atoms with van der Waals surface area (Å²) in [4.78, 5) is 13.6. The van der Waals surface area contributed by atoms with Gasteiger partial charge in [-0.15, -0.1) is 0 Å². The van der Waals surface area contributed by atoms with Crippen LogP contribution in [0.25, 0.3) is 0 Å². The Morgan fingerprint density at radius 2 is 2.00 bits per heavy atom. The topological polar surface area (TPSA) is 58.4 Å². The number of likely N-dealkylation sites (tertiary alicyclic amines) is 1. The van der Waals surface area contributed by atoms with Gasteiger partial charge in [0.1, 0.15) is 5.82 Å². The van der Waals surface area contributed by atoms with Gasteiger partial charge < -0.3 is 16.0 Å².